The molecule has 3 atom stereocenters. The molecule has 1 aliphatic heterocycles. The first kappa shape index (κ1) is 29.1. The van der Waals surface area contributed by atoms with Gasteiger partial charge < -0.3 is 30.1 Å². The van der Waals surface area contributed by atoms with Crippen LogP contribution < -0.4 is 5.32 Å². The first-order chi connectivity index (χ1) is 18.0. The topological polar surface area (TPSA) is 125 Å². The summed E-state index contributed by atoms with van der Waals surface area (Å²) in [5.41, 5.74) is 3.42. The second-order valence-corrected chi connectivity index (χ2v) is 10.3. The molecule has 0 aromatic heterocycles. The zero-order chi connectivity index (χ0) is 26.5. The highest BCUT2D eigenvalue weighted by Gasteiger charge is 2.32. The summed E-state index contributed by atoms with van der Waals surface area (Å²) in [6.07, 6.45) is 3.49. The Morgan fingerprint density at radius 2 is 1.57 bits per heavy atom. The third-order valence-corrected chi connectivity index (χ3v) is 7.24. The number of rotatable bonds is 15. The van der Waals surface area contributed by atoms with Crippen LogP contribution in [-0.4, -0.2) is 51.4 Å². The maximum atomic E-state index is 12.3. The minimum Gasteiger partial charge on any atom is -0.481 e. The Hall–Kier alpha value is -2.43. The average Bonchev–Trinajstić information content (AvgIpc) is 2.91. The van der Waals surface area contributed by atoms with E-state index in [9.17, 15) is 14.7 Å². The summed E-state index contributed by atoms with van der Waals surface area (Å²) in [7, 11) is 0. The van der Waals surface area contributed by atoms with Gasteiger partial charge in [-0.2, -0.15) is 11.8 Å². The predicted molar refractivity (Wildman–Crippen MR) is 143 cm³/mol. The van der Waals surface area contributed by atoms with Crippen molar-refractivity contribution in [2.75, 3.05) is 23.4 Å². The van der Waals surface area contributed by atoms with E-state index in [0.29, 0.717) is 30.7 Å². The van der Waals surface area contributed by atoms with Gasteiger partial charge >= 0.3 is 5.97 Å². The number of unbranched alkanes of at least 4 members (excludes halogenated alkanes) is 3. The number of thioether (sulfide) groups is 1. The molecule has 1 heterocycles. The number of carboxylic acid groups (broad SMARTS) is 1. The lowest BCUT2D eigenvalue weighted by Gasteiger charge is -2.36. The second kappa shape index (κ2) is 15.7. The number of aliphatic hydroxyl groups is 2. The summed E-state index contributed by atoms with van der Waals surface area (Å²) in [4.78, 5) is 22.8. The largest absolute Gasteiger partial charge is 0.481 e. The zero-order valence-corrected chi connectivity index (χ0v) is 21.8. The number of hydrogen-bond acceptors (Lipinski definition) is 7. The lowest BCUT2D eigenvalue weighted by atomic mass is 10.0. The van der Waals surface area contributed by atoms with E-state index in [0.717, 1.165) is 41.7 Å². The highest BCUT2D eigenvalue weighted by molar-refractivity contribution is 7.99. The number of hydrogen-bond donors (Lipinski definition) is 4. The molecule has 0 bridgehead atoms. The minimum absolute atomic E-state index is 0.00631. The number of carboxylic acids is 1. The van der Waals surface area contributed by atoms with E-state index in [1.165, 1.54) is 0 Å². The number of anilines is 1. The van der Waals surface area contributed by atoms with Crippen molar-refractivity contribution in [3.05, 3.63) is 65.2 Å². The Labute approximate surface area is 222 Å². The highest BCUT2D eigenvalue weighted by Crippen LogP contribution is 2.39. The molecule has 1 saturated heterocycles. The standard InChI is InChI=1S/C28H37NO7S/c30-15-16-37-19-24-17-25(21-9-7-20(18-31)8-10-21)36-28(35-24)22-11-13-23(14-12-22)29-26(32)5-3-1-2-4-6-27(33)34/h7-14,24-25,28,30-31H,1-6,15-19H2,(H,29,32)(H,33,34)/t24-,25+,28+/m0/s1. The number of nitrogens with one attached hydrogen (secondary N) is 1. The molecule has 0 radical (unpaired) electrons. The summed E-state index contributed by atoms with van der Waals surface area (Å²) < 4.78 is 12.6. The minimum atomic E-state index is -0.784. The van der Waals surface area contributed by atoms with Gasteiger partial charge in [0.15, 0.2) is 6.29 Å². The van der Waals surface area contributed by atoms with Gasteiger partial charge in [-0.25, -0.2) is 0 Å². The summed E-state index contributed by atoms with van der Waals surface area (Å²) in [5.74, 6) is 0.547. The molecule has 0 spiro atoms. The van der Waals surface area contributed by atoms with Gasteiger partial charge in [-0.05, 0) is 36.1 Å². The van der Waals surface area contributed by atoms with Crippen molar-refractivity contribution in [1.29, 1.82) is 0 Å². The summed E-state index contributed by atoms with van der Waals surface area (Å²) in [6.45, 7) is 0.120. The first-order valence-electron chi connectivity index (χ1n) is 12.8. The molecule has 3 rings (SSSR count). The Balaban J connectivity index is 1.56. The molecule has 8 nitrogen and oxygen atoms in total. The van der Waals surface area contributed by atoms with Crippen LogP contribution in [0.15, 0.2) is 48.5 Å². The van der Waals surface area contributed by atoms with E-state index in [4.69, 9.17) is 19.7 Å². The first-order valence-corrected chi connectivity index (χ1v) is 13.9. The monoisotopic (exact) mass is 531 g/mol. The van der Waals surface area contributed by atoms with Crippen LogP contribution in [0.4, 0.5) is 5.69 Å². The molecule has 4 N–H and O–H groups in total. The molecule has 1 fully saturated rings. The molecule has 9 heteroatoms. The fraction of sp³-hybridized carbons (Fsp3) is 0.500. The van der Waals surface area contributed by atoms with Crippen LogP contribution in [0.5, 0.6) is 0 Å². The van der Waals surface area contributed by atoms with E-state index < -0.39 is 12.3 Å². The molecule has 37 heavy (non-hydrogen) atoms. The molecule has 1 amide bonds. The van der Waals surface area contributed by atoms with Crippen molar-refractivity contribution in [3.8, 4) is 0 Å². The molecule has 2 aromatic carbocycles. The maximum Gasteiger partial charge on any atom is 0.303 e. The predicted octanol–water partition coefficient (Wildman–Crippen LogP) is 4.81. The molecule has 2 aromatic rings. The van der Waals surface area contributed by atoms with Crippen molar-refractivity contribution in [3.63, 3.8) is 0 Å². The van der Waals surface area contributed by atoms with Crippen molar-refractivity contribution >= 4 is 29.3 Å². The number of ether oxygens (including phenoxy) is 2. The van der Waals surface area contributed by atoms with Gasteiger partial charge in [-0.3, -0.25) is 9.59 Å². The SMILES string of the molecule is O=C(O)CCCCCCC(=O)Nc1ccc([C@@H]2O[C@H](CSCCO)C[C@H](c3ccc(CO)cc3)O2)cc1. The van der Waals surface area contributed by atoms with Crippen molar-refractivity contribution in [2.45, 2.75) is 70.1 Å². The zero-order valence-electron chi connectivity index (χ0n) is 21.0. The van der Waals surface area contributed by atoms with Crippen LogP contribution in [-0.2, 0) is 25.7 Å². The molecule has 202 valence electrons. The summed E-state index contributed by atoms with van der Waals surface area (Å²) in [5, 5.41) is 30.1. The van der Waals surface area contributed by atoms with Crippen LogP contribution in [0.25, 0.3) is 0 Å². The molecule has 0 aliphatic carbocycles. The van der Waals surface area contributed by atoms with Crippen LogP contribution in [0.1, 0.15) is 74.0 Å². The summed E-state index contributed by atoms with van der Waals surface area (Å²) >= 11 is 1.64. The fourth-order valence-corrected chi connectivity index (χ4v) is 4.94. The van der Waals surface area contributed by atoms with Crippen molar-refractivity contribution < 1.29 is 34.4 Å². The van der Waals surface area contributed by atoms with E-state index >= 15 is 0 Å². The van der Waals surface area contributed by atoms with Gasteiger partial charge in [0.05, 0.1) is 25.4 Å². The van der Waals surface area contributed by atoms with Gasteiger partial charge in [-0.1, -0.05) is 49.2 Å². The van der Waals surface area contributed by atoms with Crippen molar-refractivity contribution in [2.24, 2.45) is 0 Å². The van der Waals surface area contributed by atoms with Crippen LogP contribution in [0.2, 0.25) is 0 Å². The highest BCUT2D eigenvalue weighted by atomic mass is 32.2. The van der Waals surface area contributed by atoms with Gasteiger partial charge in [0.2, 0.25) is 5.91 Å². The number of benzene rings is 2. The Kier molecular flexibility index (Phi) is 12.4. The van der Waals surface area contributed by atoms with E-state index in [1.54, 1.807) is 11.8 Å². The molecular weight excluding hydrogens is 494 g/mol. The van der Waals surface area contributed by atoms with Crippen LogP contribution in [0.3, 0.4) is 0 Å². The number of amides is 1. The van der Waals surface area contributed by atoms with E-state index in [1.807, 2.05) is 48.5 Å². The lowest BCUT2D eigenvalue weighted by Crippen LogP contribution is -2.31. The number of carbonyl (C=O) groups excluding carboxylic acids is 1. The Morgan fingerprint density at radius 1 is 0.892 bits per heavy atom. The number of carbonyl (C=O) groups is 2. The Bertz CT molecular complexity index is 968. The van der Waals surface area contributed by atoms with Gasteiger partial charge in [0.25, 0.3) is 0 Å². The third kappa shape index (κ3) is 10.1. The second-order valence-electron chi connectivity index (χ2n) is 9.13. The lowest BCUT2D eigenvalue weighted by molar-refractivity contribution is -0.245. The number of aliphatic hydroxyl groups excluding tert-OH is 2. The molecule has 0 unspecified atom stereocenters. The van der Waals surface area contributed by atoms with Crippen LogP contribution >= 0.6 is 11.8 Å². The number of aliphatic carboxylic acids is 1. The molecular formula is C28H37NO7S. The van der Waals surface area contributed by atoms with Gasteiger partial charge in [0.1, 0.15) is 0 Å². The van der Waals surface area contributed by atoms with Crippen LogP contribution in [0, 0.1) is 0 Å². The molecule has 1 aliphatic rings. The van der Waals surface area contributed by atoms with E-state index in [2.05, 4.69) is 5.32 Å². The fourth-order valence-electron chi connectivity index (χ4n) is 4.16. The van der Waals surface area contributed by atoms with Gasteiger partial charge in [0, 0.05) is 42.0 Å². The normalized spacial score (nSPS) is 19.5. The third-order valence-electron chi connectivity index (χ3n) is 6.17. The smallest absolute Gasteiger partial charge is 0.303 e. The van der Waals surface area contributed by atoms with Gasteiger partial charge in [-0.15, -0.1) is 0 Å². The van der Waals surface area contributed by atoms with Crippen molar-refractivity contribution in [1.82, 2.24) is 0 Å². The maximum absolute atomic E-state index is 12.3. The summed E-state index contributed by atoms with van der Waals surface area (Å²) in [6, 6.07) is 15.2. The van der Waals surface area contributed by atoms with E-state index in [-0.39, 0.29) is 37.7 Å². The quantitative estimate of drug-likeness (QED) is 0.241. The average molecular weight is 532 g/mol. The molecule has 0 saturated carbocycles. The Morgan fingerprint density at radius 3 is 2.22 bits per heavy atom.